The molecule has 0 aliphatic heterocycles. The van der Waals surface area contributed by atoms with Gasteiger partial charge < -0.3 is 4.57 Å². The molecule has 0 aliphatic carbocycles. The van der Waals surface area contributed by atoms with Gasteiger partial charge in [-0.25, -0.2) is 0 Å². The summed E-state index contributed by atoms with van der Waals surface area (Å²) in [7, 11) is 1.03. The molecule has 4 aromatic rings. The molecular weight excluding hydrogens is 330 g/mol. The Kier molecular flexibility index (Phi) is 4.01. The molecule has 3 heteroatoms. The van der Waals surface area contributed by atoms with Crippen LogP contribution in [0.1, 0.15) is 0 Å². The molecule has 4 rings (SSSR count). The molecular formula is C21H17ClNSi. The van der Waals surface area contributed by atoms with Crippen LogP contribution in [0.3, 0.4) is 0 Å². The summed E-state index contributed by atoms with van der Waals surface area (Å²) in [6, 6.07) is 27.8. The molecule has 0 bridgehead atoms. The maximum absolute atomic E-state index is 6.30. The number of nitrogens with zero attached hydrogens (tertiary/aromatic N) is 1. The molecule has 24 heavy (non-hydrogen) atoms. The van der Waals surface area contributed by atoms with E-state index in [4.69, 9.17) is 11.6 Å². The number of aryl methyl sites for hydroxylation is 1. The zero-order valence-electron chi connectivity index (χ0n) is 13.4. The second-order valence-corrected chi connectivity index (χ2v) is 8.80. The Labute approximate surface area is 148 Å². The van der Waals surface area contributed by atoms with E-state index < -0.39 is 8.80 Å². The van der Waals surface area contributed by atoms with Gasteiger partial charge in [0.15, 0.2) is 8.80 Å². The fraction of sp³-hybridized carbons (Fsp3) is 0.0476. The molecule has 0 saturated carbocycles. The van der Waals surface area contributed by atoms with Gasteiger partial charge in [-0.05, 0) is 23.4 Å². The van der Waals surface area contributed by atoms with E-state index in [-0.39, 0.29) is 0 Å². The van der Waals surface area contributed by atoms with Gasteiger partial charge in [-0.15, -0.1) is 0 Å². The van der Waals surface area contributed by atoms with E-state index in [0.29, 0.717) is 0 Å². The molecule has 1 radical (unpaired) electrons. The summed E-state index contributed by atoms with van der Waals surface area (Å²) < 4.78 is 2.21. The van der Waals surface area contributed by atoms with E-state index in [0.717, 1.165) is 5.02 Å². The smallest absolute Gasteiger partial charge is 0.157 e. The number of fused-ring (bicyclic) bond motifs is 1. The molecule has 1 nitrogen and oxygen atoms in total. The molecule has 117 valence electrons. The van der Waals surface area contributed by atoms with E-state index in [1.807, 2.05) is 6.07 Å². The lowest BCUT2D eigenvalue weighted by Gasteiger charge is -2.15. The second kappa shape index (κ2) is 6.31. The highest BCUT2D eigenvalue weighted by Gasteiger charge is 2.23. The van der Waals surface area contributed by atoms with E-state index in [1.165, 1.54) is 26.5 Å². The minimum atomic E-state index is -1.08. The summed E-state index contributed by atoms with van der Waals surface area (Å²) in [4.78, 5) is 0. The average molecular weight is 347 g/mol. The molecule has 0 fully saturated rings. The van der Waals surface area contributed by atoms with Crippen molar-refractivity contribution in [3.63, 3.8) is 0 Å². The van der Waals surface area contributed by atoms with Crippen LogP contribution in [0.15, 0.2) is 85.1 Å². The van der Waals surface area contributed by atoms with Gasteiger partial charge in [-0.2, -0.15) is 0 Å². The first kappa shape index (κ1) is 15.2. The zero-order chi connectivity index (χ0) is 16.5. The van der Waals surface area contributed by atoms with Crippen LogP contribution in [0.5, 0.6) is 0 Å². The third kappa shape index (κ3) is 2.68. The van der Waals surface area contributed by atoms with Gasteiger partial charge in [0.2, 0.25) is 0 Å². The summed E-state index contributed by atoms with van der Waals surface area (Å²) >= 11 is 6.30. The van der Waals surface area contributed by atoms with Crippen molar-refractivity contribution < 1.29 is 0 Å². The molecule has 1 aromatic heterocycles. The van der Waals surface area contributed by atoms with Crippen LogP contribution in [0, 0.1) is 0 Å². The summed E-state index contributed by atoms with van der Waals surface area (Å²) in [5, 5.41) is 6.21. The Morgan fingerprint density at radius 2 is 1.38 bits per heavy atom. The minimum Gasteiger partial charge on any atom is -0.351 e. The number of halogens is 1. The molecule has 0 N–H and O–H groups in total. The van der Waals surface area contributed by atoms with Gasteiger partial charge in [-0.3, -0.25) is 0 Å². The maximum atomic E-state index is 6.30. The van der Waals surface area contributed by atoms with Crippen molar-refractivity contribution in [1.82, 2.24) is 4.57 Å². The first-order valence-corrected chi connectivity index (χ1v) is 9.84. The average Bonchev–Trinajstić information content (AvgIpc) is 2.93. The molecule has 0 amide bonds. The van der Waals surface area contributed by atoms with Gasteiger partial charge >= 0.3 is 0 Å². The topological polar surface area (TPSA) is 4.93 Å². The van der Waals surface area contributed by atoms with Gasteiger partial charge in [0.25, 0.3) is 0 Å². The van der Waals surface area contributed by atoms with Crippen molar-refractivity contribution in [1.29, 1.82) is 0 Å². The number of hydrogen-bond donors (Lipinski definition) is 0. The third-order valence-corrected chi connectivity index (χ3v) is 7.34. The van der Waals surface area contributed by atoms with Crippen molar-refractivity contribution in [2.45, 2.75) is 0 Å². The summed E-state index contributed by atoms with van der Waals surface area (Å²) in [6.45, 7) is 0. The number of aromatic nitrogens is 1. The Morgan fingerprint density at radius 1 is 0.792 bits per heavy atom. The van der Waals surface area contributed by atoms with Crippen molar-refractivity contribution in [3.8, 4) is 0 Å². The SMILES string of the molecule is Cn1cc([Si](c2ccccc2)c2ccccc2)c2cc(Cl)ccc21. The lowest BCUT2D eigenvalue weighted by Crippen LogP contribution is -2.51. The fourth-order valence-electron chi connectivity index (χ4n) is 3.25. The van der Waals surface area contributed by atoms with Crippen molar-refractivity contribution in [3.05, 3.63) is 90.1 Å². The largest absolute Gasteiger partial charge is 0.351 e. The van der Waals surface area contributed by atoms with Crippen LogP contribution in [0.4, 0.5) is 0 Å². The van der Waals surface area contributed by atoms with Crippen LogP contribution in [-0.2, 0) is 7.05 Å². The predicted octanol–water partition coefficient (Wildman–Crippen LogP) is 3.35. The van der Waals surface area contributed by atoms with Crippen molar-refractivity contribution >= 4 is 46.9 Å². The summed E-state index contributed by atoms with van der Waals surface area (Å²) in [5.41, 5.74) is 1.23. The monoisotopic (exact) mass is 346 g/mol. The van der Waals surface area contributed by atoms with Crippen molar-refractivity contribution in [2.75, 3.05) is 0 Å². The molecule has 0 saturated heterocycles. The molecule has 1 heterocycles. The number of rotatable bonds is 3. The molecule has 0 unspecified atom stereocenters. The third-order valence-electron chi connectivity index (χ3n) is 4.35. The van der Waals surface area contributed by atoms with Gasteiger partial charge in [0.05, 0.1) is 0 Å². The van der Waals surface area contributed by atoms with Gasteiger partial charge in [-0.1, -0.05) is 82.6 Å². The van der Waals surface area contributed by atoms with Gasteiger partial charge in [0, 0.05) is 29.2 Å². The standard InChI is InChI=1S/C21H17ClNSi/c1-23-15-21(19-14-16(22)12-13-20(19)23)24(17-8-4-2-5-9-17)18-10-6-3-7-11-18/h2-15H,1H3. The normalized spacial score (nSPS) is 11.3. The zero-order valence-corrected chi connectivity index (χ0v) is 15.2. The fourth-order valence-corrected chi connectivity index (χ4v) is 6.22. The Morgan fingerprint density at radius 3 is 1.96 bits per heavy atom. The highest BCUT2D eigenvalue weighted by Crippen LogP contribution is 2.19. The maximum Gasteiger partial charge on any atom is 0.157 e. The van der Waals surface area contributed by atoms with Crippen molar-refractivity contribution in [2.24, 2.45) is 7.05 Å². The number of hydrogen-bond acceptors (Lipinski definition) is 0. The minimum absolute atomic E-state index is 0.789. The summed E-state index contributed by atoms with van der Waals surface area (Å²) in [6.07, 6.45) is 2.27. The van der Waals surface area contributed by atoms with E-state index >= 15 is 0 Å². The molecule has 3 aromatic carbocycles. The van der Waals surface area contributed by atoms with Crippen LogP contribution in [0.2, 0.25) is 5.02 Å². The lowest BCUT2D eigenvalue weighted by atomic mass is 10.2. The number of benzene rings is 3. The Balaban J connectivity index is 2.00. The molecule has 0 spiro atoms. The second-order valence-electron chi connectivity index (χ2n) is 5.92. The predicted molar refractivity (Wildman–Crippen MR) is 105 cm³/mol. The van der Waals surface area contributed by atoms with Crippen LogP contribution in [0.25, 0.3) is 10.9 Å². The molecule has 0 atom stereocenters. The highest BCUT2D eigenvalue weighted by molar-refractivity contribution is 6.96. The van der Waals surface area contributed by atoms with E-state index in [2.05, 4.69) is 90.6 Å². The first-order chi connectivity index (χ1) is 11.7. The molecule has 0 aliphatic rings. The Bertz CT molecular complexity index is 937. The van der Waals surface area contributed by atoms with Crippen LogP contribution >= 0.6 is 11.6 Å². The van der Waals surface area contributed by atoms with Crippen LogP contribution in [-0.4, -0.2) is 13.4 Å². The lowest BCUT2D eigenvalue weighted by molar-refractivity contribution is 0.972. The highest BCUT2D eigenvalue weighted by atomic mass is 35.5. The van der Waals surface area contributed by atoms with E-state index in [9.17, 15) is 0 Å². The summed E-state index contributed by atoms with van der Waals surface area (Å²) in [5.74, 6) is 0. The van der Waals surface area contributed by atoms with Gasteiger partial charge in [0.1, 0.15) is 0 Å². The van der Waals surface area contributed by atoms with Crippen LogP contribution < -0.4 is 15.6 Å². The Hall–Kier alpha value is -2.29. The quantitative estimate of drug-likeness (QED) is 0.501. The van der Waals surface area contributed by atoms with E-state index in [1.54, 1.807) is 0 Å². The first-order valence-electron chi connectivity index (χ1n) is 7.97.